The van der Waals surface area contributed by atoms with E-state index in [1.165, 1.54) is 0 Å². The summed E-state index contributed by atoms with van der Waals surface area (Å²) in [6, 6.07) is 0.418. The summed E-state index contributed by atoms with van der Waals surface area (Å²) in [7, 11) is 0. The van der Waals surface area contributed by atoms with E-state index in [1.807, 2.05) is 0 Å². The fourth-order valence-electron chi connectivity index (χ4n) is 0.418. The van der Waals surface area contributed by atoms with Crippen molar-refractivity contribution < 1.29 is 9.53 Å². The fraction of sp³-hybridized carbons (Fsp3) is 0.714. The highest BCUT2D eigenvalue weighted by Crippen LogP contribution is 2.07. The predicted molar refractivity (Wildman–Crippen MR) is 46.7 cm³/mol. The minimum Gasteiger partial charge on any atom is -0.458 e. The van der Waals surface area contributed by atoms with E-state index in [-0.39, 0.29) is 12.4 Å². The smallest absolute Gasteiger partial charge is 0.338 e. The van der Waals surface area contributed by atoms with Gasteiger partial charge in [0.15, 0.2) is 6.04 Å². The average molecular weight is 193 g/mol. The van der Waals surface area contributed by atoms with Gasteiger partial charge in [0.1, 0.15) is 5.60 Å². The van der Waals surface area contributed by atoms with Crippen LogP contribution < -0.4 is 5.73 Å². The molecule has 0 bridgehead atoms. The summed E-state index contributed by atoms with van der Waals surface area (Å²) < 4.78 is 4.80. The van der Waals surface area contributed by atoms with Crippen molar-refractivity contribution in [1.82, 2.24) is 0 Å². The van der Waals surface area contributed by atoms with Gasteiger partial charge < -0.3 is 10.5 Å². The van der Waals surface area contributed by atoms with Crippen LogP contribution in [0.15, 0.2) is 0 Å². The molecule has 0 aliphatic heterocycles. The average Bonchev–Trinajstić information content (AvgIpc) is 1.82. The Morgan fingerprint density at radius 1 is 1.58 bits per heavy atom. The minimum absolute atomic E-state index is 0. The lowest BCUT2D eigenvalue weighted by Gasteiger charge is -2.19. The maximum atomic E-state index is 10.8. The largest absolute Gasteiger partial charge is 0.458 e. The van der Waals surface area contributed by atoms with Crippen LogP contribution in [0.25, 0.3) is 0 Å². The van der Waals surface area contributed by atoms with Crippen LogP contribution in [0.5, 0.6) is 0 Å². The van der Waals surface area contributed by atoms with Gasteiger partial charge in [-0.25, -0.2) is 4.79 Å². The summed E-state index contributed by atoms with van der Waals surface area (Å²) in [6.07, 6.45) is 0. The highest BCUT2D eigenvalue weighted by Gasteiger charge is 2.21. The highest BCUT2D eigenvalue weighted by atomic mass is 35.5. The van der Waals surface area contributed by atoms with E-state index < -0.39 is 17.6 Å². The van der Waals surface area contributed by atoms with Crippen LogP contribution in [0.3, 0.4) is 0 Å². The van der Waals surface area contributed by atoms with Gasteiger partial charge >= 0.3 is 5.97 Å². The maximum Gasteiger partial charge on any atom is 0.338 e. The van der Waals surface area contributed by atoms with E-state index in [0.29, 0.717) is 0 Å². The molecule has 0 spiro atoms. The van der Waals surface area contributed by atoms with Crippen molar-refractivity contribution in [3.05, 3.63) is 0 Å². The summed E-state index contributed by atoms with van der Waals surface area (Å²) in [5.41, 5.74) is 4.51. The Bertz CT molecular complexity index is 193. The number of esters is 1. The summed E-state index contributed by atoms with van der Waals surface area (Å²) >= 11 is 0. The van der Waals surface area contributed by atoms with Crippen LogP contribution in [-0.4, -0.2) is 17.6 Å². The zero-order valence-corrected chi connectivity index (χ0v) is 8.14. The lowest BCUT2D eigenvalue weighted by Crippen LogP contribution is -2.36. The van der Waals surface area contributed by atoms with Gasteiger partial charge in [0.05, 0.1) is 6.07 Å². The molecule has 0 aromatic rings. The first-order valence-electron chi connectivity index (χ1n) is 3.25. The molecular weight excluding hydrogens is 180 g/mol. The molecule has 0 aliphatic carbocycles. The van der Waals surface area contributed by atoms with Gasteiger partial charge in [-0.15, -0.1) is 12.4 Å². The number of nitrogens with zero attached hydrogens (tertiary/aromatic N) is 1. The zero-order valence-electron chi connectivity index (χ0n) is 7.33. The molecule has 70 valence electrons. The predicted octanol–water partition coefficient (Wildman–Crippen LogP) is 0.601. The molecule has 0 aliphatic rings. The third kappa shape index (κ3) is 5.96. The van der Waals surface area contributed by atoms with Crippen LogP contribution >= 0.6 is 12.4 Å². The second-order valence-electron chi connectivity index (χ2n) is 3.14. The van der Waals surface area contributed by atoms with Gasteiger partial charge in [0.2, 0.25) is 0 Å². The molecule has 0 saturated carbocycles. The van der Waals surface area contributed by atoms with Crippen molar-refractivity contribution in [1.29, 1.82) is 5.26 Å². The van der Waals surface area contributed by atoms with Crippen LogP contribution in [0.4, 0.5) is 0 Å². The van der Waals surface area contributed by atoms with Crippen LogP contribution in [-0.2, 0) is 9.53 Å². The lowest BCUT2D eigenvalue weighted by molar-refractivity contribution is -0.154. The fourth-order valence-corrected chi connectivity index (χ4v) is 0.418. The first-order valence-corrected chi connectivity index (χ1v) is 3.25. The molecule has 0 aromatic carbocycles. The normalized spacial score (nSPS) is 12.2. The molecule has 0 saturated heterocycles. The summed E-state index contributed by atoms with van der Waals surface area (Å²) in [4.78, 5) is 10.8. The van der Waals surface area contributed by atoms with Crippen LogP contribution in [0.1, 0.15) is 20.8 Å². The quantitative estimate of drug-likeness (QED) is 0.618. The number of ether oxygens (including phenoxy) is 1. The van der Waals surface area contributed by atoms with Crippen molar-refractivity contribution in [2.45, 2.75) is 32.4 Å². The molecule has 0 radical (unpaired) electrons. The SMILES string of the molecule is CC(C)(C)OC(=O)C(N)C#N.Cl. The van der Waals surface area contributed by atoms with Crippen LogP contribution in [0, 0.1) is 11.3 Å². The van der Waals surface area contributed by atoms with Crippen molar-refractivity contribution in [3.63, 3.8) is 0 Å². The summed E-state index contributed by atoms with van der Waals surface area (Å²) in [5.74, 6) is -0.681. The van der Waals surface area contributed by atoms with Gasteiger partial charge in [0, 0.05) is 0 Å². The lowest BCUT2D eigenvalue weighted by atomic mass is 10.2. The molecule has 12 heavy (non-hydrogen) atoms. The number of carbonyl (C=O) groups is 1. The van der Waals surface area contributed by atoms with E-state index in [2.05, 4.69) is 0 Å². The van der Waals surface area contributed by atoms with Gasteiger partial charge in [-0.2, -0.15) is 5.26 Å². The van der Waals surface area contributed by atoms with Crippen molar-refractivity contribution in [2.24, 2.45) is 5.73 Å². The number of nitriles is 1. The van der Waals surface area contributed by atoms with Gasteiger partial charge in [-0.1, -0.05) is 0 Å². The van der Waals surface area contributed by atoms with E-state index in [9.17, 15) is 4.79 Å². The number of hydrogen-bond donors (Lipinski definition) is 1. The van der Waals surface area contributed by atoms with Crippen molar-refractivity contribution in [3.8, 4) is 6.07 Å². The Kier molecular flexibility index (Phi) is 5.70. The van der Waals surface area contributed by atoms with Crippen molar-refractivity contribution in [2.75, 3.05) is 0 Å². The Hall–Kier alpha value is -0.790. The standard InChI is InChI=1S/C7H12N2O2.ClH/c1-7(2,3)11-6(10)5(9)4-8;/h5H,9H2,1-3H3;1H. The molecule has 2 N–H and O–H groups in total. The van der Waals surface area contributed by atoms with Gasteiger partial charge in [-0.3, -0.25) is 0 Å². The second-order valence-corrected chi connectivity index (χ2v) is 3.14. The first kappa shape index (κ1) is 13.8. The summed E-state index contributed by atoms with van der Waals surface area (Å²) in [6.45, 7) is 5.15. The first-order chi connectivity index (χ1) is 4.87. The monoisotopic (exact) mass is 192 g/mol. The zero-order chi connectivity index (χ0) is 9.07. The third-order valence-corrected chi connectivity index (χ3v) is 0.800. The van der Waals surface area contributed by atoms with Crippen LogP contribution in [0.2, 0.25) is 0 Å². The minimum atomic E-state index is -1.17. The van der Waals surface area contributed by atoms with Gasteiger partial charge in [0.25, 0.3) is 0 Å². The molecule has 0 aromatic heterocycles. The number of nitrogens with two attached hydrogens (primary N) is 1. The number of hydrogen-bond acceptors (Lipinski definition) is 4. The molecule has 1 atom stereocenters. The van der Waals surface area contributed by atoms with Gasteiger partial charge in [-0.05, 0) is 20.8 Å². The number of halogens is 1. The van der Waals surface area contributed by atoms with Crippen molar-refractivity contribution >= 4 is 18.4 Å². The Morgan fingerprint density at radius 3 is 2.25 bits per heavy atom. The van der Waals surface area contributed by atoms with E-state index in [1.54, 1.807) is 26.8 Å². The maximum absolute atomic E-state index is 10.8. The second kappa shape index (κ2) is 4.96. The molecule has 0 rings (SSSR count). The topological polar surface area (TPSA) is 76.1 Å². The number of carbonyl (C=O) groups excluding carboxylic acids is 1. The number of rotatable bonds is 1. The molecule has 0 heterocycles. The third-order valence-electron chi connectivity index (χ3n) is 0.800. The summed E-state index contributed by atoms with van der Waals surface area (Å²) in [5, 5.41) is 8.23. The Labute approximate surface area is 78.1 Å². The molecule has 0 fully saturated rings. The molecule has 0 amide bonds. The molecule has 5 heteroatoms. The Morgan fingerprint density at radius 2 is 2.00 bits per heavy atom. The molecule has 4 nitrogen and oxygen atoms in total. The van der Waals surface area contributed by atoms with E-state index in [4.69, 9.17) is 15.7 Å². The molecular formula is C7H13ClN2O2. The highest BCUT2D eigenvalue weighted by molar-refractivity contribution is 5.85. The molecule has 1 unspecified atom stereocenters. The van der Waals surface area contributed by atoms with E-state index in [0.717, 1.165) is 0 Å². The van der Waals surface area contributed by atoms with E-state index >= 15 is 0 Å². The Balaban J connectivity index is 0.